The molecule has 2 heterocycles. The van der Waals surface area contributed by atoms with E-state index in [1.807, 2.05) is 12.4 Å². The molecule has 2 aromatic carbocycles. The van der Waals surface area contributed by atoms with Gasteiger partial charge in [0.15, 0.2) is 0 Å². The third kappa shape index (κ3) is 5.07. The Labute approximate surface area is 176 Å². The molecule has 0 amide bonds. The number of nitrogens with zero attached hydrogens (tertiary/aromatic N) is 2. The standard InChI is InChI=1S/C23H25N3S.ClH/c1-17(25-15-18-10-11-20-16-24-13-12-19(20)14-18)6-2-4-8-22-21-7-3-5-9-23(21)27-26-22;/h3,5,7,9-14,16-17,25H,2,4,6,8,15H2,1H3;1H/t17-;/m1./s1. The van der Waals surface area contributed by atoms with Gasteiger partial charge in [-0.25, -0.2) is 0 Å². The molecule has 0 unspecified atom stereocenters. The second-order valence-corrected chi connectivity index (χ2v) is 8.02. The number of unbranched alkanes of at least 4 members (excludes halogenated alkanes) is 1. The lowest BCUT2D eigenvalue weighted by Gasteiger charge is -2.14. The van der Waals surface area contributed by atoms with Crippen LogP contribution in [0.15, 0.2) is 60.9 Å². The van der Waals surface area contributed by atoms with E-state index in [1.54, 1.807) is 11.5 Å². The molecule has 4 rings (SSSR count). The first-order valence-corrected chi connectivity index (χ1v) is 10.5. The van der Waals surface area contributed by atoms with E-state index in [0.717, 1.165) is 13.0 Å². The van der Waals surface area contributed by atoms with Crippen molar-refractivity contribution in [3.63, 3.8) is 0 Å². The quantitative estimate of drug-likeness (QED) is 0.353. The molecule has 0 aliphatic carbocycles. The van der Waals surface area contributed by atoms with E-state index in [9.17, 15) is 0 Å². The topological polar surface area (TPSA) is 37.8 Å². The Morgan fingerprint density at radius 2 is 1.93 bits per heavy atom. The second kappa shape index (κ2) is 9.97. The fourth-order valence-electron chi connectivity index (χ4n) is 3.50. The Morgan fingerprint density at radius 1 is 1.04 bits per heavy atom. The molecule has 0 bridgehead atoms. The van der Waals surface area contributed by atoms with Crippen LogP contribution in [-0.2, 0) is 13.0 Å². The van der Waals surface area contributed by atoms with Gasteiger partial charge >= 0.3 is 0 Å². The molecule has 0 radical (unpaired) electrons. The molecule has 0 aliphatic rings. The molecule has 1 atom stereocenters. The minimum atomic E-state index is 0. The van der Waals surface area contributed by atoms with Gasteiger partial charge in [-0.2, -0.15) is 4.37 Å². The van der Waals surface area contributed by atoms with Crippen LogP contribution in [0.4, 0.5) is 0 Å². The minimum Gasteiger partial charge on any atom is -0.310 e. The Morgan fingerprint density at radius 3 is 2.86 bits per heavy atom. The number of hydrogen-bond donors (Lipinski definition) is 1. The van der Waals surface area contributed by atoms with Gasteiger partial charge < -0.3 is 5.32 Å². The number of hydrogen-bond acceptors (Lipinski definition) is 4. The lowest BCUT2D eigenvalue weighted by Crippen LogP contribution is -2.25. The number of fused-ring (bicyclic) bond motifs is 2. The smallest absolute Gasteiger partial charge is 0.0620 e. The predicted molar refractivity (Wildman–Crippen MR) is 122 cm³/mol. The van der Waals surface area contributed by atoms with E-state index in [1.165, 1.54) is 51.4 Å². The van der Waals surface area contributed by atoms with E-state index < -0.39 is 0 Å². The zero-order chi connectivity index (χ0) is 18.5. The monoisotopic (exact) mass is 411 g/mol. The lowest BCUT2D eigenvalue weighted by molar-refractivity contribution is 0.489. The van der Waals surface area contributed by atoms with Crippen LogP contribution in [0.1, 0.15) is 37.4 Å². The normalized spacial score (nSPS) is 12.2. The number of nitrogens with one attached hydrogen (secondary N) is 1. The zero-order valence-electron chi connectivity index (χ0n) is 16.1. The molecular formula is C23H26ClN3S. The Bertz CT molecular complexity index is 1030. The van der Waals surface area contributed by atoms with Crippen molar-refractivity contribution in [2.45, 2.75) is 45.2 Å². The van der Waals surface area contributed by atoms with Crippen LogP contribution in [0.2, 0.25) is 0 Å². The molecule has 2 aromatic heterocycles. The third-order valence-electron chi connectivity index (χ3n) is 5.11. The van der Waals surface area contributed by atoms with Crippen LogP contribution in [0.25, 0.3) is 20.9 Å². The first kappa shape index (κ1) is 20.7. The summed E-state index contributed by atoms with van der Waals surface area (Å²) in [6.07, 6.45) is 8.47. The SMILES string of the molecule is C[C@H](CCCCc1nsc2ccccc12)NCc1ccc2cnccc2c1.Cl. The summed E-state index contributed by atoms with van der Waals surface area (Å²) in [4.78, 5) is 4.17. The summed E-state index contributed by atoms with van der Waals surface area (Å²) in [6.45, 7) is 3.19. The van der Waals surface area contributed by atoms with Crippen molar-refractivity contribution in [1.82, 2.24) is 14.7 Å². The van der Waals surface area contributed by atoms with Gasteiger partial charge in [-0.15, -0.1) is 12.4 Å². The van der Waals surface area contributed by atoms with Gasteiger partial charge in [-0.3, -0.25) is 4.98 Å². The number of aromatic nitrogens is 2. The fourth-order valence-corrected chi connectivity index (χ4v) is 4.32. The van der Waals surface area contributed by atoms with Gasteiger partial charge in [0.2, 0.25) is 0 Å². The predicted octanol–water partition coefficient (Wildman–Crippen LogP) is 6.16. The average Bonchev–Trinajstić information content (AvgIpc) is 3.13. The summed E-state index contributed by atoms with van der Waals surface area (Å²) >= 11 is 1.62. The number of pyridine rings is 1. The number of aryl methyl sites for hydroxylation is 1. The number of halogens is 1. The largest absolute Gasteiger partial charge is 0.310 e. The molecule has 0 saturated carbocycles. The van der Waals surface area contributed by atoms with Crippen molar-refractivity contribution in [2.24, 2.45) is 0 Å². The van der Waals surface area contributed by atoms with Gasteiger partial charge in [0.1, 0.15) is 0 Å². The van der Waals surface area contributed by atoms with E-state index in [-0.39, 0.29) is 12.4 Å². The molecule has 0 saturated heterocycles. The summed E-state index contributed by atoms with van der Waals surface area (Å²) < 4.78 is 5.93. The molecule has 5 heteroatoms. The average molecular weight is 412 g/mol. The highest BCUT2D eigenvalue weighted by Gasteiger charge is 2.06. The summed E-state index contributed by atoms with van der Waals surface area (Å²) in [5.74, 6) is 0. The Balaban J connectivity index is 0.00000225. The van der Waals surface area contributed by atoms with E-state index in [0.29, 0.717) is 6.04 Å². The maximum atomic E-state index is 4.63. The Hall–Kier alpha value is -2.01. The fraction of sp³-hybridized carbons (Fsp3) is 0.304. The minimum absolute atomic E-state index is 0. The highest BCUT2D eigenvalue weighted by Crippen LogP contribution is 2.23. The van der Waals surface area contributed by atoms with Crippen LogP contribution >= 0.6 is 23.9 Å². The molecule has 0 aliphatic heterocycles. The maximum absolute atomic E-state index is 4.63. The van der Waals surface area contributed by atoms with Gasteiger partial charge in [-0.1, -0.05) is 36.8 Å². The molecule has 28 heavy (non-hydrogen) atoms. The molecule has 3 nitrogen and oxygen atoms in total. The van der Waals surface area contributed by atoms with Crippen molar-refractivity contribution >= 4 is 44.8 Å². The molecule has 1 N–H and O–H groups in total. The zero-order valence-corrected chi connectivity index (χ0v) is 17.7. The Kier molecular flexibility index (Phi) is 7.37. The molecule has 0 spiro atoms. The van der Waals surface area contributed by atoms with E-state index in [4.69, 9.17) is 0 Å². The summed E-state index contributed by atoms with van der Waals surface area (Å²) in [7, 11) is 0. The third-order valence-corrected chi connectivity index (χ3v) is 5.98. The molecule has 4 aromatic rings. The van der Waals surface area contributed by atoms with E-state index in [2.05, 4.69) is 70.1 Å². The van der Waals surface area contributed by atoms with Crippen molar-refractivity contribution in [2.75, 3.05) is 0 Å². The molecule has 0 fully saturated rings. The first-order chi connectivity index (χ1) is 13.3. The second-order valence-electron chi connectivity index (χ2n) is 7.21. The van der Waals surface area contributed by atoms with Crippen molar-refractivity contribution in [3.8, 4) is 0 Å². The first-order valence-electron chi connectivity index (χ1n) is 9.69. The van der Waals surface area contributed by atoms with Gasteiger partial charge in [0.25, 0.3) is 0 Å². The number of rotatable bonds is 8. The van der Waals surface area contributed by atoms with Gasteiger partial charge in [0.05, 0.1) is 10.4 Å². The summed E-state index contributed by atoms with van der Waals surface area (Å²) in [5.41, 5.74) is 2.59. The van der Waals surface area contributed by atoms with Gasteiger partial charge in [-0.05, 0) is 66.9 Å². The molecular weight excluding hydrogens is 386 g/mol. The lowest BCUT2D eigenvalue weighted by atomic mass is 10.1. The van der Waals surface area contributed by atoms with Crippen LogP contribution in [-0.4, -0.2) is 15.4 Å². The van der Waals surface area contributed by atoms with Crippen LogP contribution < -0.4 is 5.32 Å². The maximum Gasteiger partial charge on any atom is 0.0620 e. The highest BCUT2D eigenvalue weighted by atomic mass is 35.5. The van der Waals surface area contributed by atoms with Crippen molar-refractivity contribution < 1.29 is 0 Å². The molecule has 146 valence electrons. The van der Waals surface area contributed by atoms with Crippen LogP contribution in [0, 0.1) is 0 Å². The number of benzene rings is 2. The van der Waals surface area contributed by atoms with Crippen molar-refractivity contribution in [1.29, 1.82) is 0 Å². The highest BCUT2D eigenvalue weighted by molar-refractivity contribution is 7.13. The summed E-state index contributed by atoms with van der Waals surface area (Å²) in [5, 5.41) is 7.45. The van der Waals surface area contributed by atoms with Crippen LogP contribution in [0.5, 0.6) is 0 Å². The van der Waals surface area contributed by atoms with E-state index >= 15 is 0 Å². The summed E-state index contributed by atoms with van der Waals surface area (Å²) in [6, 6.07) is 17.7. The van der Waals surface area contributed by atoms with Crippen molar-refractivity contribution in [3.05, 3.63) is 72.2 Å². The van der Waals surface area contributed by atoms with Crippen LogP contribution in [0.3, 0.4) is 0 Å². The van der Waals surface area contributed by atoms with Gasteiger partial charge in [0, 0.05) is 35.8 Å².